The van der Waals surface area contributed by atoms with E-state index in [-0.39, 0.29) is 0 Å². The Bertz CT molecular complexity index is 391. The van der Waals surface area contributed by atoms with Crippen molar-refractivity contribution >= 4 is 0 Å². The van der Waals surface area contributed by atoms with E-state index in [9.17, 15) is 0 Å². The Balaban J connectivity index is 1.84. The average Bonchev–Trinajstić information content (AvgIpc) is 2.48. The van der Waals surface area contributed by atoms with E-state index < -0.39 is 0 Å². The number of aromatic nitrogens is 1. The largest absolute Gasteiger partial charge is 0.299 e. The van der Waals surface area contributed by atoms with Crippen LogP contribution in [-0.2, 0) is 6.54 Å². The maximum atomic E-state index is 4.21. The number of nitrogens with zero attached hydrogens (tertiary/aromatic N) is 2. The first-order valence-corrected chi connectivity index (χ1v) is 8.12. The zero-order valence-electron chi connectivity index (χ0n) is 13.6. The van der Waals surface area contributed by atoms with Gasteiger partial charge >= 0.3 is 0 Å². The van der Waals surface area contributed by atoms with Gasteiger partial charge in [0.2, 0.25) is 0 Å². The lowest BCUT2D eigenvalue weighted by molar-refractivity contribution is 0.0949. The Hall–Kier alpha value is -0.890. The van der Waals surface area contributed by atoms with Crippen molar-refractivity contribution < 1.29 is 0 Å². The number of pyridine rings is 1. The molecule has 0 unspecified atom stereocenters. The second-order valence-electron chi connectivity index (χ2n) is 7.12. The molecule has 112 valence electrons. The lowest BCUT2D eigenvalue weighted by Gasteiger charge is -2.41. The van der Waals surface area contributed by atoms with Crippen LogP contribution in [0, 0.1) is 11.3 Å². The fraction of sp³-hybridized carbons (Fsp3) is 0.722. The van der Waals surface area contributed by atoms with Gasteiger partial charge in [0.25, 0.3) is 0 Å². The highest BCUT2D eigenvalue weighted by atomic mass is 15.1. The fourth-order valence-corrected chi connectivity index (χ4v) is 3.50. The van der Waals surface area contributed by atoms with Crippen LogP contribution in [0.2, 0.25) is 0 Å². The molecule has 0 spiro atoms. The zero-order valence-corrected chi connectivity index (χ0v) is 13.6. The van der Waals surface area contributed by atoms with Crippen molar-refractivity contribution in [1.82, 2.24) is 9.88 Å². The van der Waals surface area contributed by atoms with Crippen LogP contribution in [0.4, 0.5) is 0 Å². The molecule has 1 fully saturated rings. The molecule has 1 saturated carbocycles. The second-order valence-corrected chi connectivity index (χ2v) is 7.12. The highest BCUT2D eigenvalue weighted by Crippen LogP contribution is 2.41. The molecule has 2 heteroatoms. The molecule has 0 radical (unpaired) electrons. The Labute approximate surface area is 124 Å². The second kappa shape index (κ2) is 6.71. The van der Waals surface area contributed by atoms with Crippen LogP contribution in [0.1, 0.15) is 58.4 Å². The maximum Gasteiger partial charge on any atom is 0.0312 e. The number of hydrogen-bond donors (Lipinski definition) is 0. The first kappa shape index (κ1) is 15.5. The minimum atomic E-state index is 0.521. The Morgan fingerprint density at radius 3 is 2.50 bits per heavy atom. The van der Waals surface area contributed by atoms with Gasteiger partial charge in [0, 0.05) is 25.0 Å². The van der Waals surface area contributed by atoms with E-state index in [1.54, 1.807) is 0 Å². The van der Waals surface area contributed by atoms with Crippen LogP contribution in [0.25, 0.3) is 0 Å². The molecule has 1 aliphatic carbocycles. The summed E-state index contributed by atoms with van der Waals surface area (Å²) >= 11 is 0. The molecular weight excluding hydrogens is 244 g/mol. The van der Waals surface area contributed by atoms with Crippen LogP contribution in [0.15, 0.2) is 24.5 Å². The standard InChI is InChI=1S/C18H30N2/c1-5-18(2,3)16-8-10-17(11-9-16)20(4)14-15-7-6-12-19-13-15/h6-7,12-13,16-17H,5,8-11,14H2,1-4H3. The predicted molar refractivity (Wildman–Crippen MR) is 85.5 cm³/mol. The average molecular weight is 274 g/mol. The molecule has 0 saturated heterocycles. The molecule has 20 heavy (non-hydrogen) atoms. The topological polar surface area (TPSA) is 16.1 Å². The van der Waals surface area contributed by atoms with Gasteiger partial charge in [-0.05, 0) is 55.7 Å². The van der Waals surface area contributed by atoms with Crippen molar-refractivity contribution in [3.63, 3.8) is 0 Å². The lowest BCUT2D eigenvalue weighted by Crippen LogP contribution is -2.37. The minimum absolute atomic E-state index is 0.521. The van der Waals surface area contributed by atoms with Gasteiger partial charge in [0.05, 0.1) is 0 Å². The number of rotatable bonds is 5. The molecule has 0 aromatic carbocycles. The molecule has 0 bridgehead atoms. The molecular formula is C18H30N2. The van der Waals surface area contributed by atoms with Crippen molar-refractivity contribution in [1.29, 1.82) is 0 Å². The summed E-state index contributed by atoms with van der Waals surface area (Å²) in [6.45, 7) is 8.25. The highest BCUT2D eigenvalue weighted by Gasteiger charge is 2.32. The van der Waals surface area contributed by atoms with Gasteiger partial charge in [-0.1, -0.05) is 33.3 Å². The quantitative estimate of drug-likeness (QED) is 0.785. The molecule has 1 aromatic heterocycles. The van der Waals surface area contributed by atoms with Crippen LogP contribution < -0.4 is 0 Å². The van der Waals surface area contributed by atoms with Gasteiger partial charge in [0.1, 0.15) is 0 Å². The molecule has 2 rings (SSSR count). The lowest BCUT2D eigenvalue weighted by atomic mass is 9.68. The third kappa shape index (κ3) is 3.82. The van der Waals surface area contributed by atoms with Crippen LogP contribution in [-0.4, -0.2) is 23.0 Å². The van der Waals surface area contributed by atoms with E-state index in [0.29, 0.717) is 5.41 Å². The van der Waals surface area contributed by atoms with E-state index in [2.05, 4.69) is 43.8 Å². The maximum absolute atomic E-state index is 4.21. The van der Waals surface area contributed by atoms with Gasteiger partial charge < -0.3 is 0 Å². The molecule has 0 amide bonds. The summed E-state index contributed by atoms with van der Waals surface area (Å²) in [5.41, 5.74) is 1.85. The summed E-state index contributed by atoms with van der Waals surface area (Å²) in [4.78, 5) is 6.73. The van der Waals surface area contributed by atoms with Gasteiger partial charge in [-0.2, -0.15) is 0 Å². The Morgan fingerprint density at radius 1 is 1.25 bits per heavy atom. The minimum Gasteiger partial charge on any atom is -0.299 e. The molecule has 1 aromatic rings. The summed E-state index contributed by atoms with van der Waals surface area (Å²) in [5, 5.41) is 0. The van der Waals surface area contributed by atoms with E-state index in [1.165, 1.54) is 37.7 Å². The van der Waals surface area contributed by atoms with Gasteiger partial charge in [0.15, 0.2) is 0 Å². The van der Waals surface area contributed by atoms with E-state index in [4.69, 9.17) is 0 Å². The molecule has 1 aliphatic rings. The normalized spacial score (nSPS) is 24.1. The first-order chi connectivity index (χ1) is 9.53. The summed E-state index contributed by atoms with van der Waals surface area (Å²) in [6.07, 6.45) is 10.6. The van der Waals surface area contributed by atoms with E-state index in [1.807, 2.05) is 18.5 Å². The Morgan fingerprint density at radius 2 is 1.95 bits per heavy atom. The summed E-state index contributed by atoms with van der Waals surface area (Å²) < 4.78 is 0. The van der Waals surface area contributed by atoms with Crippen molar-refractivity contribution in [2.24, 2.45) is 11.3 Å². The summed E-state index contributed by atoms with van der Waals surface area (Å²) in [7, 11) is 2.27. The smallest absolute Gasteiger partial charge is 0.0312 e. The third-order valence-electron chi connectivity index (χ3n) is 5.49. The molecule has 0 N–H and O–H groups in total. The van der Waals surface area contributed by atoms with Gasteiger partial charge in [-0.15, -0.1) is 0 Å². The summed E-state index contributed by atoms with van der Waals surface area (Å²) in [6, 6.07) is 4.96. The van der Waals surface area contributed by atoms with Crippen LogP contribution in [0.5, 0.6) is 0 Å². The van der Waals surface area contributed by atoms with Gasteiger partial charge in [-0.25, -0.2) is 0 Å². The highest BCUT2D eigenvalue weighted by molar-refractivity contribution is 5.08. The first-order valence-electron chi connectivity index (χ1n) is 8.12. The van der Waals surface area contributed by atoms with Crippen LogP contribution >= 0.6 is 0 Å². The predicted octanol–water partition coefficient (Wildman–Crippen LogP) is 4.51. The Kier molecular flexibility index (Phi) is 5.20. The van der Waals surface area contributed by atoms with Crippen molar-refractivity contribution in [3.05, 3.63) is 30.1 Å². The van der Waals surface area contributed by atoms with E-state index >= 15 is 0 Å². The van der Waals surface area contributed by atoms with E-state index in [0.717, 1.165) is 18.5 Å². The van der Waals surface area contributed by atoms with Crippen LogP contribution in [0.3, 0.4) is 0 Å². The monoisotopic (exact) mass is 274 g/mol. The molecule has 1 heterocycles. The molecule has 0 atom stereocenters. The molecule has 2 nitrogen and oxygen atoms in total. The molecule has 0 aliphatic heterocycles. The van der Waals surface area contributed by atoms with Crippen molar-refractivity contribution in [2.75, 3.05) is 7.05 Å². The van der Waals surface area contributed by atoms with Gasteiger partial charge in [-0.3, -0.25) is 9.88 Å². The zero-order chi connectivity index (χ0) is 14.6. The van der Waals surface area contributed by atoms with Crippen molar-refractivity contribution in [2.45, 2.75) is 65.5 Å². The third-order valence-corrected chi connectivity index (χ3v) is 5.49. The number of hydrogen-bond acceptors (Lipinski definition) is 2. The fourth-order valence-electron chi connectivity index (χ4n) is 3.50. The van der Waals surface area contributed by atoms with Crippen molar-refractivity contribution in [3.8, 4) is 0 Å². The SMILES string of the molecule is CCC(C)(C)C1CCC(N(C)Cc2cccnc2)CC1. The summed E-state index contributed by atoms with van der Waals surface area (Å²) in [5.74, 6) is 0.913.